The number of benzene rings is 3. The van der Waals surface area contributed by atoms with Crippen LogP contribution in [-0.2, 0) is 14.8 Å². The zero-order chi connectivity index (χ0) is 25.6. The maximum absolute atomic E-state index is 12.8. The molecule has 0 aliphatic heterocycles. The Balaban J connectivity index is 1.67. The summed E-state index contributed by atoms with van der Waals surface area (Å²) >= 11 is 12.7. The summed E-state index contributed by atoms with van der Waals surface area (Å²) in [6, 6.07) is 15.6. The van der Waals surface area contributed by atoms with Crippen molar-refractivity contribution in [2.75, 3.05) is 22.5 Å². The van der Waals surface area contributed by atoms with Crippen LogP contribution < -0.4 is 20.7 Å². The fourth-order valence-corrected chi connectivity index (χ4v) is 5.32. The lowest BCUT2D eigenvalue weighted by molar-refractivity contribution is -0.116. The molecule has 0 aliphatic carbocycles. The Morgan fingerprint density at radius 3 is 1.97 bits per heavy atom. The van der Waals surface area contributed by atoms with E-state index in [-0.39, 0.29) is 23.7 Å². The molecule has 35 heavy (non-hydrogen) atoms. The molecule has 0 saturated carbocycles. The fraction of sp³-hybridized carbons (Fsp3) is 0.0909. The number of hydrogen-bond donors (Lipinski definition) is 5. The first-order valence-corrected chi connectivity index (χ1v) is 13.4. The minimum Gasteiger partial charge on any atom is -0.504 e. The third kappa shape index (κ3) is 7.18. The number of para-hydroxylation sites is 2. The van der Waals surface area contributed by atoms with Crippen LogP contribution in [0.5, 0.6) is 5.75 Å². The van der Waals surface area contributed by atoms with Crippen LogP contribution >= 0.6 is 43.5 Å². The number of anilines is 3. The molecular formula is C22H19Br2ClN4O5S. The SMILES string of the molecule is O=C(CCNS(=O)(=O)c1c(Cl)ccc(NC(=O)Nc2ccccc2Br)c1O)Nc1ccccc1Br. The van der Waals surface area contributed by atoms with Crippen molar-refractivity contribution in [1.82, 2.24) is 4.72 Å². The molecule has 0 spiro atoms. The van der Waals surface area contributed by atoms with Gasteiger partial charge in [0.05, 0.1) is 22.1 Å². The molecule has 0 heterocycles. The van der Waals surface area contributed by atoms with Gasteiger partial charge in [-0.15, -0.1) is 0 Å². The second-order valence-electron chi connectivity index (χ2n) is 7.01. The van der Waals surface area contributed by atoms with Crippen LogP contribution in [-0.4, -0.2) is 32.0 Å². The number of aromatic hydroxyl groups is 1. The second-order valence-corrected chi connectivity index (χ2v) is 10.8. The average Bonchev–Trinajstić information content (AvgIpc) is 2.78. The monoisotopic (exact) mass is 644 g/mol. The van der Waals surface area contributed by atoms with Crippen molar-refractivity contribution < 1.29 is 23.1 Å². The molecule has 0 saturated heterocycles. The van der Waals surface area contributed by atoms with Crippen molar-refractivity contribution in [3.63, 3.8) is 0 Å². The average molecular weight is 647 g/mol. The summed E-state index contributed by atoms with van der Waals surface area (Å²) in [5.74, 6) is -1.17. The highest BCUT2D eigenvalue weighted by Gasteiger charge is 2.25. The van der Waals surface area contributed by atoms with Gasteiger partial charge in [-0.05, 0) is 68.3 Å². The highest BCUT2D eigenvalue weighted by molar-refractivity contribution is 9.11. The van der Waals surface area contributed by atoms with E-state index in [4.69, 9.17) is 11.6 Å². The van der Waals surface area contributed by atoms with Gasteiger partial charge >= 0.3 is 6.03 Å². The molecule has 3 amide bonds. The molecular weight excluding hydrogens is 628 g/mol. The lowest BCUT2D eigenvalue weighted by Gasteiger charge is -2.15. The maximum Gasteiger partial charge on any atom is 0.323 e. The summed E-state index contributed by atoms with van der Waals surface area (Å²) in [4.78, 5) is 23.9. The number of sulfonamides is 1. The molecule has 3 aromatic carbocycles. The number of urea groups is 1. The molecule has 3 aromatic rings. The molecule has 3 rings (SSSR count). The van der Waals surface area contributed by atoms with E-state index in [9.17, 15) is 23.1 Å². The molecule has 0 bridgehead atoms. The number of phenolic OH excluding ortho intramolecular Hbond substituents is 1. The van der Waals surface area contributed by atoms with Crippen LogP contribution in [0, 0.1) is 0 Å². The number of phenols is 1. The van der Waals surface area contributed by atoms with E-state index in [1.807, 2.05) is 0 Å². The fourth-order valence-electron chi connectivity index (χ4n) is 2.89. The Bertz CT molecular complexity index is 1370. The first-order valence-electron chi connectivity index (χ1n) is 9.96. The predicted octanol–water partition coefficient (Wildman–Crippen LogP) is 5.52. The Hall–Kier alpha value is -2.64. The van der Waals surface area contributed by atoms with Crippen LogP contribution in [0.2, 0.25) is 5.02 Å². The smallest absolute Gasteiger partial charge is 0.323 e. The Morgan fingerprint density at radius 1 is 0.829 bits per heavy atom. The van der Waals surface area contributed by atoms with E-state index in [1.54, 1.807) is 48.5 Å². The highest BCUT2D eigenvalue weighted by Crippen LogP contribution is 2.37. The number of nitrogens with one attached hydrogen (secondary N) is 4. The van der Waals surface area contributed by atoms with E-state index < -0.39 is 32.6 Å². The summed E-state index contributed by atoms with van der Waals surface area (Å²) in [6.45, 7) is -0.255. The van der Waals surface area contributed by atoms with Crippen LogP contribution in [0.4, 0.5) is 21.9 Å². The number of amides is 3. The zero-order valence-electron chi connectivity index (χ0n) is 17.8. The van der Waals surface area contributed by atoms with E-state index >= 15 is 0 Å². The van der Waals surface area contributed by atoms with Gasteiger partial charge in [0.1, 0.15) is 4.90 Å². The molecule has 13 heteroatoms. The van der Waals surface area contributed by atoms with Crippen molar-refractivity contribution in [3.05, 3.63) is 74.6 Å². The van der Waals surface area contributed by atoms with Crippen LogP contribution in [0.15, 0.2) is 74.5 Å². The topological polar surface area (TPSA) is 137 Å². The lowest BCUT2D eigenvalue weighted by atomic mass is 10.3. The van der Waals surface area contributed by atoms with Gasteiger partial charge < -0.3 is 21.1 Å². The number of hydrogen-bond acceptors (Lipinski definition) is 5. The maximum atomic E-state index is 12.8. The predicted molar refractivity (Wildman–Crippen MR) is 142 cm³/mol. The number of carbonyl (C=O) groups excluding carboxylic acids is 2. The minimum atomic E-state index is -4.32. The van der Waals surface area contributed by atoms with Gasteiger partial charge in [0.25, 0.3) is 0 Å². The molecule has 0 fully saturated rings. The van der Waals surface area contributed by atoms with Gasteiger partial charge in [-0.3, -0.25) is 4.79 Å². The normalized spacial score (nSPS) is 11.1. The van der Waals surface area contributed by atoms with E-state index in [2.05, 4.69) is 52.5 Å². The van der Waals surface area contributed by atoms with Gasteiger partial charge in [-0.25, -0.2) is 17.9 Å². The van der Waals surface area contributed by atoms with Crippen molar-refractivity contribution in [1.29, 1.82) is 0 Å². The Kier molecular flexibility index (Phi) is 9.14. The van der Waals surface area contributed by atoms with Crippen molar-refractivity contribution in [2.45, 2.75) is 11.3 Å². The van der Waals surface area contributed by atoms with Crippen LogP contribution in [0.25, 0.3) is 0 Å². The minimum absolute atomic E-state index is 0.175. The summed E-state index contributed by atoms with van der Waals surface area (Å²) in [7, 11) is -4.32. The Labute approximate surface area is 223 Å². The zero-order valence-corrected chi connectivity index (χ0v) is 22.6. The van der Waals surface area contributed by atoms with E-state index in [0.29, 0.717) is 20.3 Å². The number of halogens is 3. The van der Waals surface area contributed by atoms with Crippen molar-refractivity contribution in [2.24, 2.45) is 0 Å². The van der Waals surface area contributed by atoms with Crippen LogP contribution in [0.3, 0.4) is 0 Å². The largest absolute Gasteiger partial charge is 0.504 e. The molecule has 9 nitrogen and oxygen atoms in total. The molecule has 5 N–H and O–H groups in total. The highest BCUT2D eigenvalue weighted by atomic mass is 79.9. The third-order valence-corrected chi connectivity index (χ3v) is 7.86. The second kappa shape index (κ2) is 11.9. The molecule has 0 atom stereocenters. The van der Waals surface area contributed by atoms with Crippen LogP contribution in [0.1, 0.15) is 6.42 Å². The summed E-state index contributed by atoms with van der Waals surface area (Å²) in [6.07, 6.45) is -0.175. The first-order chi connectivity index (χ1) is 16.6. The molecule has 0 radical (unpaired) electrons. The Morgan fingerprint density at radius 2 is 1.37 bits per heavy atom. The molecule has 0 aromatic heterocycles. The van der Waals surface area contributed by atoms with Crippen molar-refractivity contribution in [3.8, 4) is 5.75 Å². The van der Waals surface area contributed by atoms with Gasteiger partial charge in [0, 0.05) is 21.9 Å². The van der Waals surface area contributed by atoms with Gasteiger partial charge in [0.15, 0.2) is 5.75 Å². The molecule has 184 valence electrons. The third-order valence-electron chi connectivity index (χ3n) is 4.51. The van der Waals surface area contributed by atoms with Gasteiger partial charge in [0.2, 0.25) is 15.9 Å². The van der Waals surface area contributed by atoms with E-state index in [0.717, 1.165) is 0 Å². The summed E-state index contributed by atoms with van der Waals surface area (Å²) in [5.41, 5.74) is 0.834. The van der Waals surface area contributed by atoms with E-state index in [1.165, 1.54) is 12.1 Å². The van der Waals surface area contributed by atoms with Gasteiger partial charge in [-0.1, -0.05) is 35.9 Å². The molecule has 0 aliphatic rings. The number of rotatable bonds is 8. The summed E-state index contributed by atoms with van der Waals surface area (Å²) < 4.78 is 29.2. The first kappa shape index (κ1) is 27.0. The van der Waals surface area contributed by atoms with Crippen molar-refractivity contribution >= 4 is 82.5 Å². The quantitative estimate of drug-likeness (QED) is 0.205. The number of carbonyl (C=O) groups is 2. The standard InChI is InChI=1S/C22H19Br2ClN4O5S/c23-13-5-1-3-7-16(13)27-19(30)11-12-26-35(33,34)21-15(25)9-10-18(20(21)31)29-22(32)28-17-8-4-2-6-14(17)24/h1-10,26,31H,11-12H2,(H,27,30)(H2,28,29,32). The molecule has 0 unspecified atom stereocenters. The summed E-state index contributed by atoms with van der Waals surface area (Å²) in [5, 5.41) is 17.9. The van der Waals surface area contributed by atoms with Gasteiger partial charge in [-0.2, -0.15) is 0 Å². The lowest BCUT2D eigenvalue weighted by Crippen LogP contribution is -2.28.